The van der Waals surface area contributed by atoms with Crippen molar-refractivity contribution in [2.75, 3.05) is 6.54 Å². The summed E-state index contributed by atoms with van der Waals surface area (Å²) >= 11 is 0. The van der Waals surface area contributed by atoms with Crippen LogP contribution in [0.2, 0.25) is 0 Å². The number of rotatable bonds is 6. The van der Waals surface area contributed by atoms with Crippen molar-refractivity contribution in [1.29, 1.82) is 0 Å². The van der Waals surface area contributed by atoms with Crippen molar-refractivity contribution in [3.63, 3.8) is 0 Å². The monoisotopic (exact) mass is 290 g/mol. The number of aryl methyl sites for hydroxylation is 1. The van der Waals surface area contributed by atoms with Crippen LogP contribution in [0.1, 0.15) is 62.6 Å². The molecule has 0 amide bonds. The first-order valence-corrected chi connectivity index (χ1v) is 8.04. The number of carboxylic acids is 1. The highest BCUT2D eigenvalue weighted by Crippen LogP contribution is 2.33. The van der Waals surface area contributed by atoms with Crippen LogP contribution in [0, 0.1) is 6.92 Å². The molecule has 21 heavy (non-hydrogen) atoms. The molecular formula is C17H26N2O2. The SMILES string of the molecule is CCCCC(c1ccncc1C)N1CCCCC1C(=O)O. The maximum Gasteiger partial charge on any atom is 0.320 e. The molecule has 1 N–H and O–H groups in total. The molecule has 4 nitrogen and oxygen atoms in total. The van der Waals surface area contributed by atoms with E-state index < -0.39 is 5.97 Å². The number of carbonyl (C=O) groups is 1. The summed E-state index contributed by atoms with van der Waals surface area (Å²) in [4.78, 5) is 18.0. The van der Waals surface area contributed by atoms with Gasteiger partial charge in [-0.25, -0.2) is 0 Å². The van der Waals surface area contributed by atoms with Gasteiger partial charge in [0.05, 0.1) is 0 Å². The number of unbranched alkanes of at least 4 members (excludes halogenated alkanes) is 1. The van der Waals surface area contributed by atoms with E-state index in [9.17, 15) is 9.90 Å². The van der Waals surface area contributed by atoms with Crippen LogP contribution in [-0.2, 0) is 4.79 Å². The number of hydrogen-bond acceptors (Lipinski definition) is 3. The minimum atomic E-state index is -0.678. The number of carboxylic acid groups (broad SMARTS) is 1. The maximum atomic E-state index is 11.6. The third-order valence-electron chi connectivity index (χ3n) is 4.48. The van der Waals surface area contributed by atoms with Crippen molar-refractivity contribution in [3.05, 3.63) is 29.6 Å². The third-order valence-corrected chi connectivity index (χ3v) is 4.48. The molecule has 2 rings (SSSR count). The Morgan fingerprint density at radius 3 is 3.00 bits per heavy atom. The predicted octanol–water partition coefficient (Wildman–Crippen LogP) is 3.56. The van der Waals surface area contributed by atoms with E-state index in [1.54, 1.807) is 0 Å². The fourth-order valence-electron chi connectivity index (χ4n) is 3.35. The highest BCUT2D eigenvalue weighted by molar-refractivity contribution is 5.73. The van der Waals surface area contributed by atoms with Crippen LogP contribution < -0.4 is 0 Å². The van der Waals surface area contributed by atoms with Crippen LogP contribution in [0.4, 0.5) is 0 Å². The van der Waals surface area contributed by atoms with E-state index in [4.69, 9.17) is 0 Å². The van der Waals surface area contributed by atoms with Gasteiger partial charge in [-0.15, -0.1) is 0 Å². The molecule has 4 heteroatoms. The van der Waals surface area contributed by atoms with Crippen LogP contribution in [0.25, 0.3) is 0 Å². The van der Waals surface area contributed by atoms with E-state index in [1.807, 2.05) is 12.4 Å². The van der Waals surface area contributed by atoms with E-state index in [-0.39, 0.29) is 12.1 Å². The number of piperidine rings is 1. The largest absolute Gasteiger partial charge is 0.480 e. The second kappa shape index (κ2) is 7.55. The average Bonchev–Trinajstić information content (AvgIpc) is 2.49. The van der Waals surface area contributed by atoms with Crippen LogP contribution in [0.3, 0.4) is 0 Å². The van der Waals surface area contributed by atoms with E-state index in [2.05, 4.69) is 29.8 Å². The van der Waals surface area contributed by atoms with E-state index in [0.717, 1.165) is 50.6 Å². The quantitative estimate of drug-likeness (QED) is 0.870. The Morgan fingerprint density at radius 1 is 1.52 bits per heavy atom. The minimum absolute atomic E-state index is 0.203. The lowest BCUT2D eigenvalue weighted by molar-refractivity contribution is -0.146. The lowest BCUT2D eigenvalue weighted by Gasteiger charge is -2.40. The molecule has 2 heterocycles. The van der Waals surface area contributed by atoms with Gasteiger partial charge in [0, 0.05) is 18.4 Å². The van der Waals surface area contributed by atoms with Gasteiger partial charge < -0.3 is 5.11 Å². The number of pyridine rings is 1. The molecule has 1 fully saturated rings. The second-order valence-electron chi connectivity index (χ2n) is 5.98. The first-order valence-electron chi connectivity index (χ1n) is 8.04. The minimum Gasteiger partial charge on any atom is -0.480 e. The van der Waals surface area contributed by atoms with Gasteiger partial charge in [0.25, 0.3) is 0 Å². The fraction of sp³-hybridized carbons (Fsp3) is 0.647. The van der Waals surface area contributed by atoms with Crippen molar-refractivity contribution in [1.82, 2.24) is 9.88 Å². The molecule has 2 atom stereocenters. The maximum absolute atomic E-state index is 11.6. The molecule has 1 saturated heterocycles. The van der Waals surface area contributed by atoms with Crippen molar-refractivity contribution in [3.8, 4) is 0 Å². The number of hydrogen-bond donors (Lipinski definition) is 1. The Balaban J connectivity index is 2.30. The molecule has 0 aliphatic carbocycles. The molecule has 1 aliphatic heterocycles. The smallest absolute Gasteiger partial charge is 0.320 e. The fourth-order valence-corrected chi connectivity index (χ4v) is 3.35. The highest BCUT2D eigenvalue weighted by atomic mass is 16.4. The Labute approximate surface area is 127 Å². The van der Waals surface area contributed by atoms with Crippen molar-refractivity contribution in [2.45, 2.75) is 64.5 Å². The first kappa shape index (κ1) is 16.0. The predicted molar refractivity (Wildman–Crippen MR) is 83.2 cm³/mol. The summed E-state index contributed by atoms with van der Waals surface area (Å²) in [6.45, 7) is 5.13. The third kappa shape index (κ3) is 3.82. The van der Waals surface area contributed by atoms with E-state index in [0.29, 0.717) is 0 Å². The van der Waals surface area contributed by atoms with Crippen LogP contribution in [0.5, 0.6) is 0 Å². The van der Waals surface area contributed by atoms with Crippen LogP contribution >= 0.6 is 0 Å². The van der Waals surface area contributed by atoms with Gasteiger partial charge in [-0.3, -0.25) is 14.7 Å². The lowest BCUT2D eigenvalue weighted by atomic mass is 9.92. The van der Waals surface area contributed by atoms with Gasteiger partial charge in [-0.2, -0.15) is 0 Å². The molecule has 0 saturated carbocycles. The van der Waals surface area contributed by atoms with Gasteiger partial charge in [0.15, 0.2) is 0 Å². The molecule has 1 aromatic heterocycles. The molecule has 0 spiro atoms. The molecular weight excluding hydrogens is 264 g/mol. The van der Waals surface area contributed by atoms with Crippen LogP contribution in [-0.4, -0.2) is 33.5 Å². The molecule has 0 aromatic carbocycles. The van der Waals surface area contributed by atoms with Crippen molar-refractivity contribution < 1.29 is 9.90 Å². The molecule has 1 aliphatic rings. The summed E-state index contributed by atoms with van der Waals surface area (Å²) in [7, 11) is 0. The molecule has 2 unspecified atom stereocenters. The van der Waals surface area contributed by atoms with Crippen molar-refractivity contribution >= 4 is 5.97 Å². The molecule has 1 aromatic rings. The van der Waals surface area contributed by atoms with Gasteiger partial charge in [0.1, 0.15) is 6.04 Å². The normalized spacial score (nSPS) is 21.1. The number of aliphatic carboxylic acids is 1. The second-order valence-corrected chi connectivity index (χ2v) is 5.98. The van der Waals surface area contributed by atoms with E-state index in [1.165, 1.54) is 5.56 Å². The van der Waals surface area contributed by atoms with E-state index >= 15 is 0 Å². The average molecular weight is 290 g/mol. The summed E-state index contributed by atoms with van der Waals surface area (Å²) in [5, 5.41) is 9.55. The zero-order valence-electron chi connectivity index (χ0n) is 13.1. The Kier molecular flexibility index (Phi) is 5.74. The Morgan fingerprint density at radius 2 is 2.33 bits per heavy atom. The number of aromatic nitrogens is 1. The Hall–Kier alpha value is -1.42. The highest BCUT2D eigenvalue weighted by Gasteiger charge is 2.34. The molecule has 0 bridgehead atoms. The van der Waals surface area contributed by atoms with Gasteiger partial charge in [-0.1, -0.05) is 26.2 Å². The van der Waals surface area contributed by atoms with Crippen LogP contribution in [0.15, 0.2) is 18.5 Å². The van der Waals surface area contributed by atoms with Gasteiger partial charge >= 0.3 is 5.97 Å². The van der Waals surface area contributed by atoms with Gasteiger partial charge in [-0.05, 0) is 49.9 Å². The zero-order valence-corrected chi connectivity index (χ0v) is 13.1. The lowest BCUT2D eigenvalue weighted by Crippen LogP contribution is -2.46. The summed E-state index contributed by atoms with van der Waals surface area (Å²) < 4.78 is 0. The number of nitrogens with zero attached hydrogens (tertiary/aromatic N) is 2. The van der Waals surface area contributed by atoms with Gasteiger partial charge in [0.2, 0.25) is 0 Å². The number of likely N-dealkylation sites (tertiary alicyclic amines) is 1. The first-order chi connectivity index (χ1) is 10.1. The van der Waals surface area contributed by atoms with Crippen molar-refractivity contribution in [2.24, 2.45) is 0 Å². The standard InChI is InChI=1S/C17H26N2O2/c1-3-4-7-15(14-9-10-18-12-13(14)2)19-11-6-5-8-16(19)17(20)21/h9-10,12,15-16H,3-8,11H2,1-2H3,(H,20,21). The zero-order chi connectivity index (χ0) is 15.2. The molecule has 116 valence electrons. The Bertz CT molecular complexity index is 476. The topological polar surface area (TPSA) is 53.4 Å². The summed E-state index contributed by atoms with van der Waals surface area (Å²) in [5.41, 5.74) is 2.40. The summed E-state index contributed by atoms with van der Waals surface area (Å²) in [6.07, 6.45) is 9.85. The summed E-state index contributed by atoms with van der Waals surface area (Å²) in [5.74, 6) is -0.678. The molecule has 0 radical (unpaired) electrons. The summed E-state index contributed by atoms with van der Waals surface area (Å²) in [6, 6.07) is 1.92.